The van der Waals surface area contributed by atoms with Crippen LogP contribution in [0.4, 0.5) is 0 Å². The van der Waals surface area contributed by atoms with Crippen molar-refractivity contribution in [1.82, 2.24) is 25.0 Å². The first-order chi connectivity index (χ1) is 9.21. The Hall–Kier alpha value is -1.47. The highest BCUT2D eigenvalue weighted by Crippen LogP contribution is 2.29. The van der Waals surface area contributed by atoms with Crippen molar-refractivity contribution >= 4 is 11.8 Å². The zero-order valence-corrected chi connectivity index (χ0v) is 12.2. The van der Waals surface area contributed by atoms with E-state index in [4.69, 9.17) is 5.73 Å². The van der Waals surface area contributed by atoms with Crippen LogP contribution in [0.25, 0.3) is 0 Å². The Labute approximate surface area is 116 Å². The molecule has 0 fully saturated rings. The van der Waals surface area contributed by atoms with Crippen LogP contribution in [0, 0.1) is 0 Å². The maximum atomic E-state index is 5.89. The van der Waals surface area contributed by atoms with Gasteiger partial charge in [0.25, 0.3) is 0 Å². The molecule has 0 aliphatic heterocycles. The second kappa shape index (κ2) is 6.12. The molecule has 0 amide bonds. The van der Waals surface area contributed by atoms with Gasteiger partial charge in [0.05, 0.1) is 5.69 Å². The second-order valence-corrected chi connectivity index (χ2v) is 5.04. The molecular weight excluding hydrogens is 260 g/mol. The van der Waals surface area contributed by atoms with Crippen LogP contribution < -0.4 is 5.73 Å². The van der Waals surface area contributed by atoms with Crippen molar-refractivity contribution in [2.45, 2.75) is 43.4 Å². The summed E-state index contributed by atoms with van der Waals surface area (Å²) >= 11 is 1.46. The summed E-state index contributed by atoms with van der Waals surface area (Å²) in [5, 5.41) is 14.3. The van der Waals surface area contributed by atoms with Crippen LogP contribution >= 0.6 is 11.8 Å². The number of nitrogens with zero attached hydrogens (tertiary/aromatic N) is 5. The quantitative estimate of drug-likeness (QED) is 0.888. The van der Waals surface area contributed by atoms with Crippen LogP contribution in [-0.4, -0.2) is 25.0 Å². The lowest BCUT2D eigenvalue weighted by molar-refractivity contribution is 0.682. The Balaban J connectivity index is 2.43. The molecule has 0 aliphatic rings. The summed E-state index contributed by atoms with van der Waals surface area (Å²) in [6.45, 7) is 4.66. The van der Waals surface area contributed by atoms with E-state index in [0.717, 1.165) is 34.3 Å². The fourth-order valence-electron chi connectivity index (χ4n) is 1.99. The lowest BCUT2D eigenvalue weighted by Gasteiger charge is -2.13. The summed E-state index contributed by atoms with van der Waals surface area (Å²) in [5.41, 5.74) is 9.21. The van der Waals surface area contributed by atoms with E-state index in [1.54, 1.807) is 4.68 Å². The van der Waals surface area contributed by atoms with Gasteiger partial charge in [0, 0.05) is 19.2 Å². The predicted octanol–water partition coefficient (Wildman–Crippen LogP) is 1.34. The number of rotatable bonds is 5. The molecule has 0 unspecified atom stereocenters. The molecule has 0 atom stereocenters. The molecular formula is C12H18N6S. The van der Waals surface area contributed by atoms with E-state index < -0.39 is 0 Å². The van der Waals surface area contributed by atoms with Gasteiger partial charge in [-0.15, -0.1) is 5.10 Å². The maximum absolute atomic E-state index is 5.89. The first kappa shape index (κ1) is 14.0. The Morgan fingerprint density at radius 3 is 2.53 bits per heavy atom. The predicted molar refractivity (Wildman–Crippen MR) is 73.8 cm³/mol. The summed E-state index contributed by atoms with van der Waals surface area (Å²) < 4.78 is 1.71. The van der Waals surface area contributed by atoms with E-state index in [0.29, 0.717) is 6.54 Å². The van der Waals surface area contributed by atoms with Gasteiger partial charge in [-0.25, -0.2) is 9.67 Å². The van der Waals surface area contributed by atoms with Gasteiger partial charge in [0.15, 0.2) is 5.16 Å². The Morgan fingerprint density at radius 2 is 2.00 bits per heavy atom. The largest absolute Gasteiger partial charge is 0.326 e. The maximum Gasteiger partial charge on any atom is 0.192 e. The van der Waals surface area contributed by atoms with Crippen molar-refractivity contribution in [2.75, 3.05) is 0 Å². The minimum atomic E-state index is 0.464. The van der Waals surface area contributed by atoms with Crippen molar-refractivity contribution < 1.29 is 0 Å². The van der Waals surface area contributed by atoms with E-state index in [9.17, 15) is 0 Å². The van der Waals surface area contributed by atoms with Crippen LogP contribution in [0.5, 0.6) is 0 Å². The summed E-state index contributed by atoms with van der Waals surface area (Å²) in [4.78, 5) is 4.19. The highest BCUT2D eigenvalue weighted by Gasteiger charge is 2.15. The number of aromatic nitrogens is 5. The Morgan fingerprint density at radius 1 is 1.21 bits per heavy atom. The number of hydrogen-bond donors (Lipinski definition) is 1. The number of hydrogen-bond acceptors (Lipinski definition) is 6. The zero-order valence-electron chi connectivity index (χ0n) is 11.4. The summed E-state index contributed by atoms with van der Waals surface area (Å²) in [6, 6.07) is 0. The number of nitrogens with two attached hydrogens (primary N) is 1. The van der Waals surface area contributed by atoms with Gasteiger partial charge in [0.1, 0.15) is 11.4 Å². The van der Waals surface area contributed by atoms with Gasteiger partial charge in [-0.3, -0.25) is 0 Å². The molecule has 6 nitrogen and oxygen atoms in total. The Bertz CT molecular complexity index is 565. The summed E-state index contributed by atoms with van der Waals surface area (Å²) in [7, 11) is 1.85. The zero-order chi connectivity index (χ0) is 13.8. The molecule has 7 heteroatoms. The summed E-state index contributed by atoms with van der Waals surface area (Å²) in [6.07, 6.45) is 3.31. The molecule has 0 radical (unpaired) electrons. The third-order valence-electron chi connectivity index (χ3n) is 2.98. The average molecular weight is 278 g/mol. The topological polar surface area (TPSA) is 82.5 Å². The third kappa shape index (κ3) is 2.76. The van der Waals surface area contributed by atoms with Crippen molar-refractivity contribution in [2.24, 2.45) is 12.8 Å². The van der Waals surface area contributed by atoms with Crippen LogP contribution in [0.3, 0.4) is 0 Å². The molecule has 2 heterocycles. The highest BCUT2D eigenvalue weighted by molar-refractivity contribution is 7.99. The minimum Gasteiger partial charge on any atom is -0.326 e. The molecule has 0 aromatic carbocycles. The molecule has 0 aliphatic carbocycles. The third-order valence-corrected chi connectivity index (χ3v) is 4.06. The molecule has 19 heavy (non-hydrogen) atoms. The van der Waals surface area contributed by atoms with E-state index in [2.05, 4.69) is 34.1 Å². The van der Waals surface area contributed by atoms with Gasteiger partial charge >= 0.3 is 0 Å². The van der Waals surface area contributed by atoms with Crippen LogP contribution in [0.2, 0.25) is 0 Å². The van der Waals surface area contributed by atoms with Crippen LogP contribution in [0.1, 0.15) is 30.7 Å². The lowest BCUT2D eigenvalue weighted by atomic mass is 10.0. The van der Waals surface area contributed by atoms with Gasteiger partial charge < -0.3 is 5.73 Å². The van der Waals surface area contributed by atoms with Crippen LogP contribution in [-0.2, 0) is 26.4 Å². The van der Waals surface area contributed by atoms with E-state index in [1.165, 1.54) is 23.7 Å². The molecule has 0 saturated carbocycles. The average Bonchev–Trinajstić information content (AvgIpc) is 2.83. The molecule has 2 aromatic rings. The SMILES string of the molecule is CCc1nnc(Sc2ncnn2C)c(CN)c1CC. The van der Waals surface area contributed by atoms with Crippen molar-refractivity contribution in [3.05, 3.63) is 23.1 Å². The highest BCUT2D eigenvalue weighted by atomic mass is 32.2. The van der Waals surface area contributed by atoms with Gasteiger partial charge in [-0.05, 0) is 30.2 Å². The molecule has 2 N–H and O–H groups in total. The molecule has 102 valence electrons. The van der Waals surface area contributed by atoms with Gasteiger partial charge in [0.2, 0.25) is 0 Å². The summed E-state index contributed by atoms with van der Waals surface area (Å²) in [5.74, 6) is 0. The first-order valence-electron chi connectivity index (χ1n) is 6.30. The molecule has 0 spiro atoms. The smallest absolute Gasteiger partial charge is 0.192 e. The van der Waals surface area contributed by atoms with Crippen molar-refractivity contribution in [3.8, 4) is 0 Å². The molecule has 0 bridgehead atoms. The minimum absolute atomic E-state index is 0.464. The van der Waals surface area contributed by atoms with Crippen molar-refractivity contribution in [1.29, 1.82) is 0 Å². The Kier molecular flexibility index (Phi) is 4.49. The number of aryl methyl sites for hydroxylation is 2. The monoisotopic (exact) mass is 278 g/mol. The standard InChI is InChI=1S/C12H18N6S/c1-4-8-9(6-13)11(17-16-10(8)5-2)19-12-14-7-15-18(12)3/h7H,4-6,13H2,1-3H3. The van der Waals surface area contributed by atoms with E-state index in [1.807, 2.05) is 7.05 Å². The molecule has 2 rings (SSSR count). The van der Waals surface area contributed by atoms with Crippen molar-refractivity contribution in [3.63, 3.8) is 0 Å². The fourth-order valence-corrected chi connectivity index (χ4v) is 2.85. The molecule has 0 saturated heterocycles. The normalized spacial score (nSPS) is 10.9. The lowest BCUT2D eigenvalue weighted by Crippen LogP contribution is -2.10. The van der Waals surface area contributed by atoms with Crippen LogP contribution in [0.15, 0.2) is 16.5 Å². The first-order valence-corrected chi connectivity index (χ1v) is 7.12. The van der Waals surface area contributed by atoms with Gasteiger partial charge in [-0.2, -0.15) is 10.2 Å². The second-order valence-electron chi connectivity index (χ2n) is 4.09. The molecule has 2 aromatic heterocycles. The van der Waals surface area contributed by atoms with E-state index >= 15 is 0 Å². The van der Waals surface area contributed by atoms with E-state index in [-0.39, 0.29) is 0 Å². The van der Waals surface area contributed by atoms with Gasteiger partial charge in [-0.1, -0.05) is 13.8 Å². The fraction of sp³-hybridized carbons (Fsp3) is 0.500.